The molecule has 2 rings (SSSR count). The van der Waals surface area contributed by atoms with Crippen LogP contribution in [0.3, 0.4) is 0 Å². The van der Waals surface area contributed by atoms with Gasteiger partial charge in [0.2, 0.25) is 11.6 Å². The quantitative estimate of drug-likeness (QED) is 0.342. The lowest BCUT2D eigenvalue weighted by atomic mass is 9.85. The summed E-state index contributed by atoms with van der Waals surface area (Å²) in [7, 11) is 1.68. The number of aliphatic hydroxyl groups is 1. The monoisotopic (exact) mass is 443 g/mol. The molecule has 0 aromatic carbocycles. The van der Waals surface area contributed by atoms with Gasteiger partial charge in [0.05, 0.1) is 11.8 Å². The van der Waals surface area contributed by atoms with Crippen molar-refractivity contribution in [3.8, 4) is 0 Å². The van der Waals surface area contributed by atoms with E-state index in [0.717, 1.165) is 31.8 Å². The van der Waals surface area contributed by atoms with Gasteiger partial charge in [0.1, 0.15) is 5.76 Å². The number of Topliss-reactive ketones (excluding diaryl/α,β-unsaturated/α-hetero) is 1. The minimum Gasteiger partial charge on any atom is -0.505 e. The summed E-state index contributed by atoms with van der Waals surface area (Å²) in [4.78, 5) is 37.1. The zero-order valence-corrected chi connectivity index (χ0v) is 20.0. The number of nitrogens with one attached hydrogen (secondary N) is 1. The van der Waals surface area contributed by atoms with E-state index in [1.165, 1.54) is 5.57 Å². The summed E-state index contributed by atoms with van der Waals surface area (Å²) in [6.07, 6.45) is 10.2. The Balaban J connectivity index is 2.29. The lowest BCUT2D eigenvalue weighted by Crippen LogP contribution is -2.31. The van der Waals surface area contributed by atoms with Crippen LogP contribution in [0.15, 0.2) is 46.4 Å². The van der Waals surface area contributed by atoms with E-state index in [-0.39, 0.29) is 29.6 Å². The SMILES string of the molecule is CO[C@@H]1CC/C=C(\C)[C@H](C)[C@@H](C)CC/C=C(\C)C(=O)NC2=CC(=O)C(=O)C(=C2O)CCC1. The maximum Gasteiger partial charge on any atom is 0.251 e. The molecule has 0 aromatic heterocycles. The van der Waals surface area contributed by atoms with Gasteiger partial charge in [-0.2, -0.15) is 0 Å². The molecule has 0 fully saturated rings. The molecular formula is C26H37NO5. The Labute approximate surface area is 191 Å². The fourth-order valence-electron chi connectivity index (χ4n) is 4.16. The fraction of sp³-hybridized carbons (Fsp3) is 0.577. The van der Waals surface area contributed by atoms with E-state index in [4.69, 9.17) is 4.74 Å². The van der Waals surface area contributed by atoms with Crippen LogP contribution in [-0.2, 0) is 19.1 Å². The van der Waals surface area contributed by atoms with Crippen LogP contribution in [0, 0.1) is 11.8 Å². The van der Waals surface area contributed by atoms with Gasteiger partial charge >= 0.3 is 0 Å². The van der Waals surface area contributed by atoms with E-state index in [1.807, 2.05) is 6.08 Å². The van der Waals surface area contributed by atoms with Crippen molar-refractivity contribution >= 4 is 17.5 Å². The van der Waals surface area contributed by atoms with Crippen molar-refractivity contribution in [2.45, 2.75) is 78.7 Å². The van der Waals surface area contributed by atoms with E-state index in [1.54, 1.807) is 14.0 Å². The molecule has 2 bridgehead atoms. The minimum atomic E-state index is -0.729. The highest BCUT2D eigenvalue weighted by molar-refractivity contribution is 6.48. The van der Waals surface area contributed by atoms with Crippen molar-refractivity contribution in [3.63, 3.8) is 0 Å². The second kappa shape index (κ2) is 12.0. The summed E-state index contributed by atoms with van der Waals surface area (Å²) in [6, 6.07) is 0. The molecule has 0 unspecified atom stereocenters. The van der Waals surface area contributed by atoms with Crippen molar-refractivity contribution in [1.29, 1.82) is 0 Å². The molecule has 0 saturated carbocycles. The highest BCUT2D eigenvalue weighted by Crippen LogP contribution is 2.27. The Morgan fingerprint density at radius 3 is 2.41 bits per heavy atom. The first-order valence-electron chi connectivity index (χ1n) is 11.6. The third kappa shape index (κ3) is 6.76. The van der Waals surface area contributed by atoms with Gasteiger partial charge in [0.25, 0.3) is 5.91 Å². The van der Waals surface area contributed by atoms with E-state index in [0.29, 0.717) is 30.3 Å². The Kier molecular flexibility index (Phi) is 9.63. The molecule has 32 heavy (non-hydrogen) atoms. The summed E-state index contributed by atoms with van der Waals surface area (Å²) < 4.78 is 5.60. The number of amides is 1. The predicted octanol–water partition coefficient (Wildman–Crippen LogP) is 4.87. The first kappa shape index (κ1) is 25.8. The lowest BCUT2D eigenvalue weighted by Gasteiger charge is -2.21. The zero-order valence-electron chi connectivity index (χ0n) is 20.0. The van der Waals surface area contributed by atoms with Crippen molar-refractivity contribution in [3.05, 3.63) is 46.4 Å². The fourth-order valence-corrected chi connectivity index (χ4v) is 4.16. The number of carbonyl (C=O) groups excluding carboxylic acids is 3. The van der Waals surface area contributed by atoms with Crippen molar-refractivity contribution < 1.29 is 24.2 Å². The molecule has 0 radical (unpaired) electrons. The minimum absolute atomic E-state index is 0.00891. The van der Waals surface area contributed by atoms with Gasteiger partial charge in [-0.15, -0.1) is 0 Å². The second-order valence-electron chi connectivity index (χ2n) is 9.04. The van der Waals surface area contributed by atoms with E-state index in [9.17, 15) is 19.5 Å². The topological polar surface area (TPSA) is 92.7 Å². The molecule has 0 saturated heterocycles. The number of hydrogen-bond donors (Lipinski definition) is 2. The summed E-state index contributed by atoms with van der Waals surface area (Å²) >= 11 is 0. The smallest absolute Gasteiger partial charge is 0.251 e. The standard InChI is InChI=1S/C26H37NO5/c1-16-9-6-11-18(3)26(31)27-22-15-23(28)25(30)21(24(22)29)14-8-13-20(32-5)12-7-10-17(2)19(16)4/h10-11,15-16,19-20,29H,6-9,12-14H2,1-5H3,(H,27,31)/b17-10+,18-11+/t16-,19+,20+/m0/s1. The molecule has 176 valence electrons. The number of hydrogen-bond acceptors (Lipinski definition) is 5. The third-order valence-corrected chi connectivity index (χ3v) is 6.81. The summed E-state index contributed by atoms with van der Waals surface area (Å²) in [6.45, 7) is 8.35. The van der Waals surface area contributed by atoms with Crippen molar-refractivity contribution in [1.82, 2.24) is 5.32 Å². The number of carbonyl (C=O) groups is 3. The molecule has 1 aliphatic heterocycles. The molecular weight excluding hydrogens is 406 g/mol. The van der Waals surface area contributed by atoms with Gasteiger partial charge in [0, 0.05) is 24.3 Å². The van der Waals surface area contributed by atoms with Gasteiger partial charge in [-0.05, 0) is 70.6 Å². The van der Waals surface area contributed by atoms with Gasteiger partial charge < -0.3 is 15.2 Å². The summed E-state index contributed by atoms with van der Waals surface area (Å²) in [5.41, 5.74) is 1.92. The molecule has 1 heterocycles. The van der Waals surface area contributed by atoms with Crippen molar-refractivity contribution in [2.24, 2.45) is 11.8 Å². The molecule has 1 aliphatic carbocycles. The van der Waals surface area contributed by atoms with Gasteiger partial charge in [-0.3, -0.25) is 14.4 Å². The normalized spacial score (nSPS) is 30.7. The molecule has 0 spiro atoms. The van der Waals surface area contributed by atoms with Crippen LogP contribution in [0.25, 0.3) is 0 Å². The number of ketones is 2. The Bertz CT molecular complexity index is 861. The molecule has 1 amide bonds. The van der Waals surface area contributed by atoms with Crippen LogP contribution in [0.2, 0.25) is 0 Å². The maximum absolute atomic E-state index is 12.6. The molecule has 6 heteroatoms. The molecule has 2 aliphatic rings. The van der Waals surface area contributed by atoms with Gasteiger partial charge in [-0.1, -0.05) is 31.6 Å². The molecule has 6 nitrogen and oxygen atoms in total. The Hall–Kier alpha value is -2.47. The summed E-state index contributed by atoms with van der Waals surface area (Å²) in [5.74, 6) is -1.23. The number of rotatable bonds is 1. The Morgan fingerprint density at radius 1 is 1.03 bits per heavy atom. The predicted molar refractivity (Wildman–Crippen MR) is 125 cm³/mol. The highest BCUT2D eigenvalue weighted by atomic mass is 16.5. The van der Waals surface area contributed by atoms with Crippen LogP contribution < -0.4 is 5.32 Å². The second-order valence-corrected chi connectivity index (χ2v) is 9.04. The molecule has 3 atom stereocenters. The maximum atomic E-state index is 12.6. The molecule has 0 aromatic rings. The van der Waals surface area contributed by atoms with Crippen LogP contribution >= 0.6 is 0 Å². The number of allylic oxidation sites excluding steroid dienone is 5. The average molecular weight is 444 g/mol. The van der Waals surface area contributed by atoms with E-state index in [2.05, 4.69) is 32.2 Å². The van der Waals surface area contributed by atoms with Gasteiger partial charge in [-0.25, -0.2) is 0 Å². The van der Waals surface area contributed by atoms with Crippen LogP contribution in [-0.4, -0.2) is 35.8 Å². The average Bonchev–Trinajstić information content (AvgIpc) is 2.76. The third-order valence-electron chi connectivity index (χ3n) is 6.81. The first-order chi connectivity index (χ1) is 15.1. The van der Waals surface area contributed by atoms with Gasteiger partial charge in [0.15, 0.2) is 0 Å². The largest absolute Gasteiger partial charge is 0.505 e. The zero-order chi connectivity index (χ0) is 23.8. The van der Waals surface area contributed by atoms with Crippen LogP contribution in [0.5, 0.6) is 0 Å². The number of methoxy groups -OCH3 is 1. The molecule has 2 N–H and O–H groups in total. The summed E-state index contributed by atoms with van der Waals surface area (Å²) in [5, 5.41) is 13.2. The van der Waals surface area contributed by atoms with E-state index < -0.39 is 17.5 Å². The number of ether oxygens (including phenoxy) is 1. The van der Waals surface area contributed by atoms with E-state index >= 15 is 0 Å². The highest BCUT2D eigenvalue weighted by Gasteiger charge is 2.29. The van der Waals surface area contributed by atoms with Crippen LogP contribution in [0.4, 0.5) is 0 Å². The lowest BCUT2D eigenvalue weighted by molar-refractivity contribution is -0.132. The Morgan fingerprint density at radius 2 is 1.72 bits per heavy atom. The first-order valence-corrected chi connectivity index (χ1v) is 11.6. The number of fused-ring (bicyclic) bond motifs is 1. The van der Waals surface area contributed by atoms with Crippen molar-refractivity contribution in [2.75, 3.05) is 7.11 Å². The number of aliphatic hydroxyl groups excluding tert-OH is 1. The van der Waals surface area contributed by atoms with Crippen LogP contribution in [0.1, 0.15) is 72.6 Å².